The van der Waals surface area contributed by atoms with Gasteiger partial charge in [0, 0.05) is 17.8 Å². The van der Waals surface area contributed by atoms with Crippen LogP contribution < -0.4 is 15.8 Å². The molecule has 4 heteroatoms. The van der Waals surface area contributed by atoms with Gasteiger partial charge in [0.15, 0.2) is 11.6 Å². The van der Waals surface area contributed by atoms with Crippen LogP contribution in [0, 0.1) is 12.7 Å². The van der Waals surface area contributed by atoms with Crippen molar-refractivity contribution in [2.75, 3.05) is 18.2 Å². The highest BCUT2D eigenvalue weighted by atomic mass is 19.1. The minimum atomic E-state index is -0.468. The van der Waals surface area contributed by atoms with Crippen molar-refractivity contribution in [3.05, 3.63) is 47.8 Å². The van der Waals surface area contributed by atoms with Gasteiger partial charge in [-0.05, 0) is 24.6 Å². The number of aryl methyl sites for hydroxylation is 1. The van der Waals surface area contributed by atoms with Gasteiger partial charge in [-0.1, -0.05) is 12.1 Å². The van der Waals surface area contributed by atoms with Gasteiger partial charge < -0.3 is 15.8 Å². The van der Waals surface area contributed by atoms with Crippen LogP contribution in [0.5, 0.6) is 5.75 Å². The minimum absolute atomic E-state index is 0.166. The molecular formula is C14H15FN2O. The van der Waals surface area contributed by atoms with Crippen molar-refractivity contribution in [3.63, 3.8) is 0 Å². The van der Waals surface area contributed by atoms with Crippen molar-refractivity contribution in [1.82, 2.24) is 0 Å². The lowest BCUT2D eigenvalue weighted by Crippen LogP contribution is -1.99. The van der Waals surface area contributed by atoms with E-state index in [0.29, 0.717) is 11.4 Å². The molecule has 0 bridgehead atoms. The highest BCUT2D eigenvalue weighted by Crippen LogP contribution is 2.30. The van der Waals surface area contributed by atoms with Crippen LogP contribution in [0.1, 0.15) is 5.56 Å². The Balaban J connectivity index is 2.34. The molecule has 0 heterocycles. The van der Waals surface area contributed by atoms with Crippen LogP contribution in [0.15, 0.2) is 36.4 Å². The standard InChI is InChI=1S/C14H15FN2O/c1-9-4-3-5-10(6-9)17-13-8-14(18-2)11(15)7-12(13)16/h3-8,17H,16H2,1-2H3. The summed E-state index contributed by atoms with van der Waals surface area (Å²) in [4.78, 5) is 0. The number of rotatable bonds is 3. The molecule has 0 saturated heterocycles. The quantitative estimate of drug-likeness (QED) is 0.815. The highest BCUT2D eigenvalue weighted by Gasteiger charge is 2.08. The number of methoxy groups -OCH3 is 1. The molecule has 0 saturated carbocycles. The molecule has 0 fully saturated rings. The second-order valence-electron chi connectivity index (χ2n) is 4.07. The molecule has 0 unspecified atom stereocenters. The SMILES string of the molecule is COc1cc(Nc2cccc(C)c2)c(N)cc1F. The van der Waals surface area contributed by atoms with E-state index in [4.69, 9.17) is 10.5 Å². The Kier molecular flexibility index (Phi) is 3.37. The maximum absolute atomic E-state index is 13.4. The fourth-order valence-corrected chi connectivity index (χ4v) is 1.71. The molecule has 0 radical (unpaired) electrons. The number of benzene rings is 2. The smallest absolute Gasteiger partial charge is 0.167 e. The zero-order chi connectivity index (χ0) is 13.1. The van der Waals surface area contributed by atoms with Crippen molar-refractivity contribution in [2.24, 2.45) is 0 Å². The summed E-state index contributed by atoms with van der Waals surface area (Å²) >= 11 is 0. The van der Waals surface area contributed by atoms with E-state index in [2.05, 4.69) is 5.32 Å². The van der Waals surface area contributed by atoms with Crippen LogP contribution in [-0.2, 0) is 0 Å². The van der Waals surface area contributed by atoms with Gasteiger partial charge in [0.05, 0.1) is 18.5 Å². The summed E-state index contributed by atoms with van der Waals surface area (Å²) < 4.78 is 18.3. The Labute approximate surface area is 105 Å². The third-order valence-electron chi connectivity index (χ3n) is 2.62. The first-order valence-corrected chi connectivity index (χ1v) is 5.57. The molecule has 0 atom stereocenters. The lowest BCUT2D eigenvalue weighted by molar-refractivity contribution is 0.387. The molecule has 18 heavy (non-hydrogen) atoms. The topological polar surface area (TPSA) is 47.3 Å². The first kappa shape index (κ1) is 12.2. The van der Waals surface area contributed by atoms with Gasteiger partial charge in [-0.25, -0.2) is 4.39 Å². The second kappa shape index (κ2) is 4.96. The van der Waals surface area contributed by atoms with E-state index in [-0.39, 0.29) is 5.75 Å². The number of nitrogens with one attached hydrogen (secondary N) is 1. The van der Waals surface area contributed by atoms with Gasteiger partial charge in [0.2, 0.25) is 0 Å². The zero-order valence-electron chi connectivity index (χ0n) is 10.3. The summed E-state index contributed by atoms with van der Waals surface area (Å²) in [5.41, 5.74) is 8.77. The summed E-state index contributed by atoms with van der Waals surface area (Å²) in [5.74, 6) is -0.302. The first-order valence-electron chi connectivity index (χ1n) is 5.57. The number of hydrogen-bond donors (Lipinski definition) is 2. The van der Waals surface area contributed by atoms with E-state index < -0.39 is 5.82 Å². The Morgan fingerprint density at radius 1 is 1.22 bits per heavy atom. The van der Waals surface area contributed by atoms with E-state index in [9.17, 15) is 4.39 Å². The summed E-state index contributed by atoms with van der Waals surface area (Å²) in [7, 11) is 1.42. The molecule has 0 aliphatic carbocycles. The molecule has 2 rings (SSSR count). The van der Waals surface area contributed by atoms with Crippen LogP contribution in [-0.4, -0.2) is 7.11 Å². The molecule has 3 nitrogen and oxygen atoms in total. The van der Waals surface area contributed by atoms with Crippen LogP contribution in [0.25, 0.3) is 0 Å². The monoisotopic (exact) mass is 246 g/mol. The Bertz CT molecular complexity index is 570. The number of anilines is 3. The summed E-state index contributed by atoms with van der Waals surface area (Å²) in [6, 6.07) is 10.6. The zero-order valence-corrected chi connectivity index (χ0v) is 10.3. The maximum Gasteiger partial charge on any atom is 0.167 e. The fraction of sp³-hybridized carbons (Fsp3) is 0.143. The Morgan fingerprint density at radius 3 is 2.67 bits per heavy atom. The molecular weight excluding hydrogens is 231 g/mol. The van der Waals surface area contributed by atoms with Crippen molar-refractivity contribution in [2.45, 2.75) is 6.92 Å². The number of nitrogens with two attached hydrogens (primary N) is 1. The Hall–Kier alpha value is -2.23. The minimum Gasteiger partial charge on any atom is -0.494 e. The number of ether oxygens (including phenoxy) is 1. The number of hydrogen-bond acceptors (Lipinski definition) is 3. The molecule has 0 amide bonds. The van der Waals surface area contributed by atoms with E-state index >= 15 is 0 Å². The average Bonchev–Trinajstić information content (AvgIpc) is 2.33. The average molecular weight is 246 g/mol. The van der Waals surface area contributed by atoms with E-state index in [0.717, 1.165) is 11.3 Å². The molecule has 0 spiro atoms. The summed E-state index contributed by atoms with van der Waals surface area (Å²) in [6.07, 6.45) is 0. The van der Waals surface area contributed by atoms with Crippen molar-refractivity contribution < 1.29 is 9.13 Å². The van der Waals surface area contributed by atoms with Gasteiger partial charge in [-0.2, -0.15) is 0 Å². The summed E-state index contributed by atoms with van der Waals surface area (Å²) in [6.45, 7) is 2.00. The van der Waals surface area contributed by atoms with E-state index in [1.165, 1.54) is 13.2 Å². The molecule has 0 aromatic heterocycles. The fourth-order valence-electron chi connectivity index (χ4n) is 1.71. The van der Waals surface area contributed by atoms with Gasteiger partial charge in [-0.15, -0.1) is 0 Å². The molecule has 2 aromatic carbocycles. The van der Waals surface area contributed by atoms with Crippen molar-refractivity contribution >= 4 is 17.1 Å². The largest absolute Gasteiger partial charge is 0.494 e. The van der Waals surface area contributed by atoms with Crippen LogP contribution in [0.4, 0.5) is 21.5 Å². The molecule has 3 N–H and O–H groups in total. The molecule has 0 aliphatic heterocycles. The molecule has 0 aliphatic rings. The predicted octanol–water partition coefficient (Wildman–Crippen LogP) is 3.47. The number of nitrogen functional groups attached to an aromatic ring is 1. The third kappa shape index (κ3) is 2.53. The van der Waals surface area contributed by atoms with Crippen molar-refractivity contribution in [1.29, 1.82) is 0 Å². The Morgan fingerprint density at radius 2 is 2.00 bits per heavy atom. The first-order chi connectivity index (χ1) is 8.60. The van der Waals surface area contributed by atoms with Gasteiger partial charge in [0.25, 0.3) is 0 Å². The van der Waals surface area contributed by atoms with E-state index in [1.54, 1.807) is 6.07 Å². The highest BCUT2D eigenvalue weighted by molar-refractivity contribution is 5.74. The molecule has 2 aromatic rings. The lowest BCUT2D eigenvalue weighted by Gasteiger charge is -2.12. The lowest BCUT2D eigenvalue weighted by atomic mass is 10.2. The van der Waals surface area contributed by atoms with Crippen molar-refractivity contribution in [3.8, 4) is 5.75 Å². The van der Waals surface area contributed by atoms with E-state index in [1.807, 2.05) is 31.2 Å². The summed E-state index contributed by atoms with van der Waals surface area (Å²) in [5, 5.41) is 3.14. The number of halogens is 1. The predicted molar refractivity (Wildman–Crippen MR) is 71.8 cm³/mol. The van der Waals surface area contributed by atoms with Gasteiger partial charge in [0.1, 0.15) is 0 Å². The van der Waals surface area contributed by atoms with Gasteiger partial charge >= 0.3 is 0 Å². The van der Waals surface area contributed by atoms with Crippen LogP contribution in [0.3, 0.4) is 0 Å². The normalized spacial score (nSPS) is 10.2. The maximum atomic E-state index is 13.4. The second-order valence-corrected chi connectivity index (χ2v) is 4.07. The van der Waals surface area contributed by atoms with Crippen LogP contribution in [0.2, 0.25) is 0 Å². The van der Waals surface area contributed by atoms with Crippen LogP contribution >= 0.6 is 0 Å². The third-order valence-corrected chi connectivity index (χ3v) is 2.62. The molecule has 94 valence electrons. The van der Waals surface area contributed by atoms with Gasteiger partial charge in [-0.3, -0.25) is 0 Å².